The van der Waals surface area contributed by atoms with Crippen molar-refractivity contribution in [3.63, 3.8) is 0 Å². The van der Waals surface area contributed by atoms with Crippen LogP contribution in [0.3, 0.4) is 0 Å². The number of primary amides is 1. The third-order valence-electron chi connectivity index (χ3n) is 6.88. The van der Waals surface area contributed by atoms with Crippen LogP contribution in [-0.4, -0.2) is 42.2 Å². The average molecular weight is 551 g/mol. The highest BCUT2D eigenvalue weighted by atomic mass is 19.4. The SMILES string of the molecule is COc1cc2c(-c3ccc(C(C(N)=O)c4ccc(C(F)(F)F)cc4)cc3)ncnc2cc1OCCCNC1CC1. The zero-order valence-electron chi connectivity index (χ0n) is 21.9. The number of hydrogen-bond donors (Lipinski definition) is 2. The van der Waals surface area contributed by atoms with Crippen LogP contribution in [0.25, 0.3) is 22.2 Å². The summed E-state index contributed by atoms with van der Waals surface area (Å²) in [6.07, 6.45) is 0.364. The molecule has 5 rings (SSSR count). The lowest BCUT2D eigenvalue weighted by Gasteiger charge is -2.16. The Labute approximate surface area is 229 Å². The van der Waals surface area contributed by atoms with Gasteiger partial charge in [0, 0.05) is 23.1 Å². The van der Waals surface area contributed by atoms with Crippen LogP contribution < -0.4 is 20.5 Å². The molecule has 1 aliphatic rings. The number of nitrogens with one attached hydrogen (secondary N) is 1. The van der Waals surface area contributed by atoms with E-state index in [1.54, 1.807) is 31.4 Å². The van der Waals surface area contributed by atoms with Gasteiger partial charge in [-0.05, 0) is 55.1 Å². The number of fused-ring (bicyclic) bond motifs is 1. The standard InChI is InChI=1S/C30H29F3N4O3/c1-39-25-15-23-24(16-26(25)40-14-2-13-35-22-11-12-22)36-17-37-28(23)20-5-3-18(4-6-20)27(29(34)38)19-7-9-21(10-8-19)30(31,32)33/h3-10,15-17,22,27,35H,2,11-14H2,1H3,(H2,34,38). The molecule has 7 nitrogen and oxygen atoms in total. The maximum atomic E-state index is 13.0. The van der Waals surface area contributed by atoms with Crippen LogP contribution in [0.4, 0.5) is 13.2 Å². The molecule has 10 heteroatoms. The van der Waals surface area contributed by atoms with Crippen LogP contribution in [0.5, 0.6) is 11.5 Å². The molecular formula is C30H29F3N4O3. The Hall–Kier alpha value is -4.18. The predicted molar refractivity (Wildman–Crippen MR) is 145 cm³/mol. The van der Waals surface area contributed by atoms with Gasteiger partial charge in [0.1, 0.15) is 6.33 Å². The molecule has 4 aromatic rings. The quantitative estimate of drug-likeness (QED) is 0.241. The Balaban J connectivity index is 1.38. The van der Waals surface area contributed by atoms with E-state index in [1.165, 1.54) is 31.3 Å². The first-order valence-corrected chi connectivity index (χ1v) is 13.0. The van der Waals surface area contributed by atoms with Gasteiger partial charge in [-0.15, -0.1) is 0 Å². The first-order chi connectivity index (χ1) is 19.2. The van der Waals surface area contributed by atoms with Crippen LogP contribution in [0.1, 0.15) is 41.9 Å². The summed E-state index contributed by atoms with van der Waals surface area (Å²) in [6.45, 7) is 1.44. The second-order valence-corrected chi connectivity index (χ2v) is 9.75. The Bertz CT molecular complexity index is 1490. The van der Waals surface area contributed by atoms with Gasteiger partial charge in [0.15, 0.2) is 11.5 Å². The van der Waals surface area contributed by atoms with Gasteiger partial charge >= 0.3 is 6.18 Å². The Morgan fingerprint density at radius 2 is 1.70 bits per heavy atom. The summed E-state index contributed by atoms with van der Waals surface area (Å²) < 4.78 is 50.5. The maximum absolute atomic E-state index is 13.0. The Morgan fingerprint density at radius 1 is 1.02 bits per heavy atom. The van der Waals surface area contributed by atoms with Crippen molar-refractivity contribution in [1.82, 2.24) is 15.3 Å². The van der Waals surface area contributed by atoms with Gasteiger partial charge in [0.2, 0.25) is 5.91 Å². The topological polar surface area (TPSA) is 99.4 Å². The van der Waals surface area contributed by atoms with E-state index in [2.05, 4.69) is 15.3 Å². The normalized spacial score (nSPS) is 14.2. The van der Waals surface area contributed by atoms with Gasteiger partial charge in [0.05, 0.1) is 36.4 Å². The molecule has 0 aliphatic heterocycles. The third-order valence-corrected chi connectivity index (χ3v) is 6.88. The minimum absolute atomic E-state index is 0.376. The van der Waals surface area contributed by atoms with Crippen molar-refractivity contribution in [3.8, 4) is 22.8 Å². The number of hydrogen-bond acceptors (Lipinski definition) is 6. The molecule has 40 heavy (non-hydrogen) atoms. The summed E-state index contributed by atoms with van der Waals surface area (Å²) in [5.74, 6) is -0.410. The molecule has 3 aromatic carbocycles. The van der Waals surface area contributed by atoms with Crippen LogP contribution >= 0.6 is 0 Å². The highest BCUT2D eigenvalue weighted by molar-refractivity contribution is 5.94. The van der Waals surface area contributed by atoms with E-state index in [0.717, 1.165) is 36.0 Å². The minimum atomic E-state index is -4.47. The molecule has 1 unspecified atom stereocenters. The zero-order valence-corrected chi connectivity index (χ0v) is 21.9. The number of alkyl halides is 3. The number of nitrogens with zero attached hydrogens (tertiary/aromatic N) is 2. The van der Waals surface area contributed by atoms with Crippen molar-refractivity contribution in [3.05, 3.63) is 83.7 Å². The van der Waals surface area contributed by atoms with Gasteiger partial charge in [-0.1, -0.05) is 36.4 Å². The number of halogens is 3. The molecule has 1 atom stereocenters. The van der Waals surface area contributed by atoms with E-state index in [-0.39, 0.29) is 0 Å². The summed E-state index contributed by atoms with van der Waals surface area (Å²) in [5, 5.41) is 4.22. The number of benzene rings is 3. The van der Waals surface area contributed by atoms with E-state index in [1.807, 2.05) is 12.1 Å². The number of nitrogens with two attached hydrogens (primary N) is 1. The maximum Gasteiger partial charge on any atom is 0.416 e. The molecular weight excluding hydrogens is 521 g/mol. The molecule has 1 aliphatic carbocycles. The fourth-order valence-corrected chi connectivity index (χ4v) is 4.63. The second kappa shape index (κ2) is 11.5. The molecule has 0 spiro atoms. The zero-order chi connectivity index (χ0) is 28.3. The van der Waals surface area contributed by atoms with Crippen molar-refractivity contribution in [2.75, 3.05) is 20.3 Å². The molecule has 0 bridgehead atoms. The molecule has 1 fully saturated rings. The molecule has 0 radical (unpaired) electrons. The molecule has 0 saturated heterocycles. The summed E-state index contributed by atoms with van der Waals surface area (Å²) in [7, 11) is 1.58. The molecule has 1 heterocycles. The fraction of sp³-hybridized carbons (Fsp3) is 0.300. The van der Waals surface area contributed by atoms with Crippen molar-refractivity contribution >= 4 is 16.8 Å². The molecule has 1 amide bonds. The van der Waals surface area contributed by atoms with Crippen LogP contribution in [-0.2, 0) is 11.0 Å². The van der Waals surface area contributed by atoms with E-state index >= 15 is 0 Å². The van der Waals surface area contributed by atoms with E-state index in [4.69, 9.17) is 15.2 Å². The number of carbonyl (C=O) groups excluding carboxylic acids is 1. The van der Waals surface area contributed by atoms with Crippen LogP contribution in [0, 0.1) is 0 Å². The van der Waals surface area contributed by atoms with Crippen LogP contribution in [0.2, 0.25) is 0 Å². The number of carbonyl (C=O) groups is 1. The molecule has 1 aromatic heterocycles. The van der Waals surface area contributed by atoms with Crippen molar-refractivity contribution in [2.24, 2.45) is 5.73 Å². The minimum Gasteiger partial charge on any atom is -0.493 e. The summed E-state index contributed by atoms with van der Waals surface area (Å²) in [6, 6.07) is 15.8. The second-order valence-electron chi connectivity index (χ2n) is 9.75. The van der Waals surface area contributed by atoms with Gasteiger partial charge in [-0.25, -0.2) is 9.97 Å². The predicted octanol–water partition coefficient (Wildman–Crippen LogP) is 5.46. The summed E-state index contributed by atoms with van der Waals surface area (Å²) in [4.78, 5) is 21.2. The molecule has 208 valence electrons. The largest absolute Gasteiger partial charge is 0.493 e. The smallest absolute Gasteiger partial charge is 0.416 e. The van der Waals surface area contributed by atoms with E-state index in [0.29, 0.717) is 46.5 Å². The van der Waals surface area contributed by atoms with Crippen molar-refractivity contribution < 1.29 is 27.4 Å². The number of amides is 1. The van der Waals surface area contributed by atoms with Gasteiger partial charge in [-0.3, -0.25) is 4.79 Å². The van der Waals surface area contributed by atoms with Crippen LogP contribution in [0.15, 0.2) is 67.0 Å². The number of ether oxygens (including phenoxy) is 2. The first kappa shape index (κ1) is 27.4. The number of methoxy groups -OCH3 is 1. The lowest BCUT2D eigenvalue weighted by molar-refractivity contribution is -0.137. The first-order valence-electron chi connectivity index (χ1n) is 13.0. The Kier molecular flexibility index (Phi) is 7.88. The fourth-order valence-electron chi connectivity index (χ4n) is 4.63. The monoisotopic (exact) mass is 550 g/mol. The third kappa shape index (κ3) is 6.17. The van der Waals surface area contributed by atoms with Gasteiger partial charge < -0.3 is 20.5 Å². The van der Waals surface area contributed by atoms with Crippen molar-refractivity contribution in [1.29, 1.82) is 0 Å². The average Bonchev–Trinajstić information content (AvgIpc) is 3.77. The number of aromatic nitrogens is 2. The lowest BCUT2D eigenvalue weighted by atomic mass is 9.89. The lowest BCUT2D eigenvalue weighted by Crippen LogP contribution is -2.22. The van der Waals surface area contributed by atoms with E-state index in [9.17, 15) is 18.0 Å². The van der Waals surface area contributed by atoms with E-state index < -0.39 is 23.6 Å². The van der Waals surface area contributed by atoms with Gasteiger partial charge in [-0.2, -0.15) is 13.2 Å². The van der Waals surface area contributed by atoms with Gasteiger partial charge in [0.25, 0.3) is 0 Å². The molecule has 3 N–H and O–H groups in total. The number of rotatable bonds is 11. The molecule has 1 saturated carbocycles. The Morgan fingerprint density at radius 3 is 2.30 bits per heavy atom. The highest BCUT2D eigenvalue weighted by Crippen LogP contribution is 2.36. The summed E-state index contributed by atoms with van der Waals surface area (Å²) >= 11 is 0. The highest BCUT2D eigenvalue weighted by Gasteiger charge is 2.31. The summed E-state index contributed by atoms with van der Waals surface area (Å²) in [5.41, 5.74) is 7.88. The van der Waals surface area contributed by atoms with Crippen molar-refractivity contribution in [2.45, 2.75) is 37.4 Å².